The molecule has 0 bridgehead atoms. The first-order valence-electron chi connectivity index (χ1n) is 14.8. The van der Waals surface area contributed by atoms with Gasteiger partial charge in [0.25, 0.3) is 0 Å². The zero-order valence-electron chi connectivity index (χ0n) is 22.5. The molecule has 4 fully saturated rings. The molecule has 1 atom stereocenters. The van der Waals surface area contributed by atoms with Crippen molar-refractivity contribution >= 4 is 11.8 Å². The van der Waals surface area contributed by atoms with Crippen LogP contribution in [0.2, 0.25) is 0 Å². The number of carbonyl (C=O) groups is 2. The summed E-state index contributed by atoms with van der Waals surface area (Å²) in [6.07, 6.45) is 10.6. The van der Waals surface area contributed by atoms with Crippen molar-refractivity contribution in [1.82, 2.24) is 20.0 Å². The van der Waals surface area contributed by atoms with Gasteiger partial charge < -0.3 is 19.9 Å². The van der Waals surface area contributed by atoms with Crippen LogP contribution in [0.1, 0.15) is 69.8 Å². The largest absolute Gasteiger partial charge is 0.379 e. The zero-order chi connectivity index (χ0) is 25.5. The third-order valence-corrected chi connectivity index (χ3v) is 9.27. The van der Waals surface area contributed by atoms with Gasteiger partial charge in [-0.1, -0.05) is 30.3 Å². The molecule has 5 rings (SSSR count). The van der Waals surface area contributed by atoms with Gasteiger partial charge in [-0.05, 0) is 76.4 Å². The minimum Gasteiger partial charge on any atom is -0.379 e. The van der Waals surface area contributed by atoms with Gasteiger partial charge in [0.05, 0.1) is 13.2 Å². The van der Waals surface area contributed by atoms with Gasteiger partial charge in [0.1, 0.15) is 0 Å². The lowest BCUT2D eigenvalue weighted by molar-refractivity contribution is -0.134. The molecule has 1 N–H and O–H groups in total. The molecule has 0 radical (unpaired) electrons. The molecule has 37 heavy (non-hydrogen) atoms. The summed E-state index contributed by atoms with van der Waals surface area (Å²) in [5.41, 5.74) is 1.53. The van der Waals surface area contributed by atoms with Crippen LogP contribution in [0.25, 0.3) is 0 Å². The second-order valence-corrected chi connectivity index (χ2v) is 11.7. The van der Waals surface area contributed by atoms with Crippen molar-refractivity contribution in [1.29, 1.82) is 0 Å². The number of nitrogens with one attached hydrogen (secondary N) is 1. The Morgan fingerprint density at radius 2 is 1.62 bits per heavy atom. The van der Waals surface area contributed by atoms with Gasteiger partial charge in [0, 0.05) is 56.6 Å². The molecule has 1 aromatic rings. The number of hydrogen-bond donors (Lipinski definition) is 1. The van der Waals surface area contributed by atoms with E-state index in [0.717, 1.165) is 84.3 Å². The lowest BCUT2D eigenvalue weighted by atomic mass is 9.74. The highest BCUT2D eigenvalue weighted by Gasteiger charge is 2.41. The highest BCUT2D eigenvalue weighted by atomic mass is 16.5. The molecule has 1 aromatic carbocycles. The standard InChI is InChI=1S/C30H46N4O3/c35-28(10-11-29(36)34-18-6-9-27(34)24-32-16-4-5-17-32)31-26-12-14-30(15-13-26,33-19-21-37-22-20-33)23-25-7-2-1-3-8-25/h1-3,7-8,26-27H,4-6,9-24H2,(H,31,35). The second kappa shape index (κ2) is 12.7. The van der Waals surface area contributed by atoms with E-state index in [1.807, 2.05) is 0 Å². The Labute approximate surface area is 222 Å². The van der Waals surface area contributed by atoms with E-state index in [1.54, 1.807) is 0 Å². The molecule has 0 spiro atoms. The molecular weight excluding hydrogens is 464 g/mol. The Morgan fingerprint density at radius 1 is 0.892 bits per heavy atom. The van der Waals surface area contributed by atoms with E-state index in [1.165, 1.54) is 31.5 Å². The fraction of sp³-hybridized carbons (Fsp3) is 0.733. The maximum absolute atomic E-state index is 13.0. The van der Waals surface area contributed by atoms with Crippen molar-refractivity contribution in [2.24, 2.45) is 0 Å². The van der Waals surface area contributed by atoms with Crippen molar-refractivity contribution in [3.05, 3.63) is 35.9 Å². The van der Waals surface area contributed by atoms with Gasteiger partial charge in [0.2, 0.25) is 11.8 Å². The van der Waals surface area contributed by atoms with Crippen LogP contribution >= 0.6 is 0 Å². The fourth-order valence-electron chi connectivity index (χ4n) is 7.20. The first kappa shape index (κ1) is 26.6. The van der Waals surface area contributed by atoms with Crippen LogP contribution in [0.5, 0.6) is 0 Å². The minimum absolute atomic E-state index is 0.0376. The maximum atomic E-state index is 13.0. The SMILES string of the molecule is O=C(CCC(=O)N1CCCC1CN1CCCC1)NC1CCC(Cc2ccccc2)(N2CCOCC2)CC1. The van der Waals surface area contributed by atoms with Crippen LogP contribution in [0, 0.1) is 0 Å². The quantitative estimate of drug-likeness (QED) is 0.553. The lowest BCUT2D eigenvalue weighted by Gasteiger charge is -2.50. The van der Waals surface area contributed by atoms with Gasteiger partial charge in [-0.3, -0.25) is 14.5 Å². The molecule has 4 aliphatic rings. The maximum Gasteiger partial charge on any atom is 0.223 e. The smallest absolute Gasteiger partial charge is 0.223 e. The van der Waals surface area contributed by atoms with Crippen LogP contribution in [0.3, 0.4) is 0 Å². The normalized spacial score (nSPS) is 29.5. The lowest BCUT2D eigenvalue weighted by Crippen LogP contribution is -2.58. The van der Waals surface area contributed by atoms with E-state index in [0.29, 0.717) is 18.9 Å². The molecule has 3 aliphatic heterocycles. The van der Waals surface area contributed by atoms with Crippen LogP contribution < -0.4 is 5.32 Å². The van der Waals surface area contributed by atoms with Gasteiger partial charge in [-0.2, -0.15) is 0 Å². The molecule has 0 aromatic heterocycles. The van der Waals surface area contributed by atoms with Crippen molar-refractivity contribution in [3.63, 3.8) is 0 Å². The predicted molar refractivity (Wildman–Crippen MR) is 145 cm³/mol. The second-order valence-electron chi connectivity index (χ2n) is 11.7. The third kappa shape index (κ3) is 6.92. The average Bonchev–Trinajstić information content (AvgIpc) is 3.62. The molecular formula is C30H46N4O3. The van der Waals surface area contributed by atoms with Crippen molar-refractivity contribution in [2.45, 2.75) is 88.3 Å². The van der Waals surface area contributed by atoms with Crippen LogP contribution in [-0.4, -0.2) is 96.6 Å². The van der Waals surface area contributed by atoms with Crippen LogP contribution in [0.4, 0.5) is 0 Å². The molecule has 7 heteroatoms. The Bertz CT molecular complexity index is 874. The highest BCUT2D eigenvalue weighted by molar-refractivity contribution is 5.84. The van der Waals surface area contributed by atoms with Crippen LogP contribution in [0.15, 0.2) is 30.3 Å². The molecule has 1 aliphatic carbocycles. The van der Waals surface area contributed by atoms with E-state index in [2.05, 4.69) is 50.3 Å². The highest BCUT2D eigenvalue weighted by Crippen LogP contribution is 2.37. The summed E-state index contributed by atoms with van der Waals surface area (Å²) in [7, 11) is 0. The Morgan fingerprint density at radius 3 is 2.35 bits per heavy atom. The number of carbonyl (C=O) groups excluding carboxylic acids is 2. The summed E-state index contributed by atoms with van der Waals surface area (Å²) in [5, 5.41) is 3.28. The Balaban J connectivity index is 1.09. The number of ether oxygens (including phenoxy) is 1. The predicted octanol–water partition coefficient (Wildman–Crippen LogP) is 3.23. The van der Waals surface area contributed by atoms with Crippen molar-refractivity contribution < 1.29 is 14.3 Å². The van der Waals surface area contributed by atoms with Crippen molar-refractivity contribution in [3.8, 4) is 0 Å². The monoisotopic (exact) mass is 510 g/mol. The summed E-state index contributed by atoms with van der Waals surface area (Å²) in [6, 6.07) is 11.4. The molecule has 7 nitrogen and oxygen atoms in total. The first-order valence-corrected chi connectivity index (χ1v) is 14.8. The third-order valence-electron chi connectivity index (χ3n) is 9.27. The van der Waals surface area contributed by atoms with E-state index in [-0.39, 0.29) is 23.4 Å². The molecule has 204 valence electrons. The number of morpholine rings is 1. The number of amides is 2. The summed E-state index contributed by atoms with van der Waals surface area (Å²) in [6.45, 7) is 7.78. The molecule has 1 saturated carbocycles. The molecule has 3 heterocycles. The van der Waals surface area contributed by atoms with Crippen LogP contribution in [-0.2, 0) is 20.7 Å². The van der Waals surface area contributed by atoms with Gasteiger partial charge in [-0.15, -0.1) is 0 Å². The molecule has 3 saturated heterocycles. The first-order chi connectivity index (χ1) is 18.1. The van der Waals surface area contributed by atoms with Gasteiger partial charge >= 0.3 is 0 Å². The Hall–Kier alpha value is -1.96. The number of nitrogens with zero attached hydrogens (tertiary/aromatic N) is 3. The number of benzene rings is 1. The molecule has 1 unspecified atom stereocenters. The summed E-state index contributed by atoms with van der Waals surface area (Å²) < 4.78 is 5.65. The van der Waals surface area contributed by atoms with Crippen molar-refractivity contribution in [2.75, 3.05) is 52.5 Å². The van der Waals surface area contributed by atoms with E-state index in [9.17, 15) is 9.59 Å². The fourth-order valence-corrected chi connectivity index (χ4v) is 7.20. The number of likely N-dealkylation sites (tertiary alicyclic amines) is 2. The zero-order valence-corrected chi connectivity index (χ0v) is 22.5. The summed E-state index contributed by atoms with van der Waals surface area (Å²) in [5.74, 6) is 0.199. The number of rotatable bonds is 9. The van der Waals surface area contributed by atoms with E-state index >= 15 is 0 Å². The van der Waals surface area contributed by atoms with E-state index in [4.69, 9.17) is 4.74 Å². The van der Waals surface area contributed by atoms with Gasteiger partial charge in [-0.25, -0.2) is 0 Å². The summed E-state index contributed by atoms with van der Waals surface area (Å²) in [4.78, 5) is 33.0. The van der Waals surface area contributed by atoms with E-state index < -0.39 is 0 Å². The summed E-state index contributed by atoms with van der Waals surface area (Å²) >= 11 is 0. The van der Waals surface area contributed by atoms with Gasteiger partial charge in [0.15, 0.2) is 0 Å². The Kier molecular flexibility index (Phi) is 9.16. The number of hydrogen-bond acceptors (Lipinski definition) is 5. The topological polar surface area (TPSA) is 65.1 Å². The average molecular weight is 511 g/mol. The molecule has 2 amide bonds. The minimum atomic E-state index is 0.0376.